The van der Waals surface area contributed by atoms with Crippen LogP contribution in [0.1, 0.15) is 31.7 Å². The first kappa shape index (κ1) is 16.1. The molecule has 0 heterocycles. The first-order chi connectivity index (χ1) is 9.54. The number of unbranched alkanes of at least 4 members (excludes halogenated alkanes) is 1. The maximum atomic E-state index is 11.7. The van der Waals surface area contributed by atoms with E-state index in [9.17, 15) is 14.9 Å². The fourth-order valence-electron chi connectivity index (χ4n) is 1.80. The van der Waals surface area contributed by atoms with Crippen molar-refractivity contribution in [3.8, 4) is 0 Å². The van der Waals surface area contributed by atoms with Gasteiger partial charge in [0.1, 0.15) is 0 Å². The van der Waals surface area contributed by atoms with E-state index in [0.717, 1.165) is 18.4 Å². The van der Waals surface area contributed by atoms with Crippen molar-refractivity contribution in [2.75, 3.05) is 6.54 Å². The summed E-state index contributed by atoms with van der Waals surface area (Å²) in [7, 11) is 0. The summed E-state index contributed by atoms with van der Waals surface area (Å²) in [5.74, 6) is -0.139. The molecule has 0 saturated heterocycles. The zero-order valence-electron chi connectivity index (χ0n) is 11.7. The Labute approximate surface area is 118 Å². The number of carbonyl (C=O) groups is 1. The molecule has 6 heteroatoms. The molecule has 1 amide bonds. The second-order valence-electron chi connectivity index (χ2n) is 4.71. The Morgan fingerprint density at radius 1 is 1.40 bits per heavy atom. The monoisotopic (exact) mass is 279 g/mol. The summed E-state index contributed by atoms with van der Waals surface area (Å²) in [6.07, 6.45) is 3.28. The summed E-state index contributed by atoms with van der Waals surface area (Å²) < 4.78 is 0. The molecule has 0 aromatic heterocycles. The van der Waals surface area contributed by atoms with Gasteiger partial charge in [0.25, 0.3) is 5.69 Å². The minimum atomic E-state index is -0.452. The smallest absolute Gasteiger partial charge is 0.269 e. The van der Waals surface area contributed by atoms with E-state index in [1.807, 2.05) is 0 Å². The Balaban J connectivity index is 2.33. The number of carbonyl (C=O) groups excluding carboxylic acids is 1. The van der Waals surface area contributed by atoms with Gasteiger partial charge in [-0.15, -0.1) is 0 Å². The van der Waals surface area contributed by atoms with Crippen molar-refractivity contribution in [1.82, 2.24) is 5.32 Å². The van der Waals surface area contributed by atoms with Crippen molar-refractivity contribution in [2.24, 2.45) is 5.73 Å². The molecule has 1 aromatic carbocycles. The Hall–Kier alpha value is -1.95. The largest absolute Gasteiger partial charge is 0.354 e. The van der Waals surface area contributed by atoms with Gasteiger partial charge in [0, 0.05) is 18.7 Å². The molecular formula is C14H21N3O3. The van der Waals surface area contributed by atoms with Crippen LogP contribution in [0.2, 0.25) is 0 Å². The quantitative estimate of drug-likeness (QED) is 0.559. The second-order valence-corrected chi connectivity index (χ2v) is 4.71. The van der Waals surface area contributed by atoms with Crippen LogP contribution in [-0.4, -0.2) is 23.4 Å². The summed E-state index contributed by atoms with van der Waals surface area (Å²) in [6.45, 7) is 2.54. The number of nitro groups is 1. The molecule has 3 N–H and O–H groups in total. The average Bonchev–Trinajstić information content (AvgIpc) is 2.45. The lowest BCUT2D eigenvalue weighted by Gasteiger charge is -2.11. The molecule has 110 valence electrons. The van der Waals surface area contributed by atoms with Crippen LogP contribution in [0, 0.1) is 10.1 Å². The van der Waals surface area contributed by atoms with Crippen LogP contribution < -0.4 is 11.1 Å². The highest BCUT2D eigenvalue weighted by atomic mass is 16.6. The predicted molar refractivity (Wildman–Crippen MR) is 77.3 cm³/mol. The van der Waals surface area contributed by atoms with E-state index in [0.29, 0.717) is 19.4 Å². The van der Waals surface area contributed by atoms with Gasteiger partial charge in [0.2, 0.25) is 5.91 Å². The van der Waals surface area contributed by atoms with Crippen LogP contribution >= 0.6 is 0 Å². The van der Waals surface area contributed by atoms with Crippen LogP contribution in [-0.2, 0) is 11.2 Å². The molecule has 1 aromatic rings. The third-order valence-electron chi connectivity index (χ3n) is 3.07. The van der Waals surface area contributed by atoms with Crippen molar-refractivity contribution < 1.29 is 9.72 Å². The number of non-ortho nitro benzene ring substituents is 1. The van der Waals surface area contributed by atoms with Crippen LogP contribution in [0.5, 0.6) is 0 Å². The SMILES string of the molecule is CCCC[C@H](N)C(=O)NCCc1ccc([N+](=O)[O-])cc1. The molecule has 0 aliphatic rings. The molecule has 0 fully saturated rings. The number of nitro benzene ring substituents is 1. The van der Waals surface area contributed by atoms with Gasteiger partial charge in [-0.3, -0.25) is 14.9 Å². The molecular weight excluding hydrogens is 258 g/mol. The number of amides is 1. The van der Waals surface area contributed by atoms with Gasteiger partial charge < -0.3 is 11.1 Å². The predicted octanol–water partition coefficient (Wildman–Crippen LogP) is 1.77. The average molecular weight is 279 g/mol. The lowest BCUT2D eigenvalue weighted by molar-refractivity contribution is -0.384. The molecule has 0 radical (unpaired) electrons. The van der Waals surface area contributed by atoms with E-state index in [2.05, 4.69) is 12.2 Å². The number of nitrogens with zero attached hydrogens (tertiary/aromatic N) is 1. The topological polar surface area (TPSA) is 98.3 Å². The molecule has 1 atom stereocenters. The Kier molecular flexibility index (Phi) is 6.66. The Bertz CT molecular complexity index is 445. The van der Waals surface area contributed by atoms with Crippen LogP contribution in [0.4, 0.5) is 5.69 Å². The number of hydrogen-bond acceptors (Lipinski definition) is 4. The van der Waals surface area contributed by atoms with Gasteiger partial charge in [-0.1, -0.05) is 31.9 Å². The molecule has 0 aliphatic heterocycles. The van der Waals surface area contributed by atoms with Crippen molar-refractivity contribution in [3.63, 3.8) is 0 Å². The normalized spacial score (nSPS) is 11.9. The first-order valence-corrected chi connectivity index (χ1v) is 6.81. The summed E-state index contributed by atoms with van der Waals surface area (Å²) >= 11 is 0. The number of nitrogens with two attached hydrogens (primary N) is 1. The van der Waals surface area contributed by atoms with Crippen molar-refractivity contribution in [1.29, 1.82) is 0 Å². The zero-order valence-corrected chi connectivity index (χ0v) is 11.7. The number of nitrogens with one attached hydrogen (secondary N) is 1. The van der Waals surface area contributed by atoms with Gasteiger partial charge in [-0.2, -0.15) is 0 Å². The highest BCUT2D eigenvalue weighted by Crippen LogP contribution is 2.11. The van der Waals surface area contributed by atoms with E-state index < -0.39 is 11.0 Å². The second kappa shape index (κ2) is 8.27. The van der Waals surface area contributed by atoms with Crippen molar-refractivity contribution >= 4 is 11.6 Å². The number of benzene rings is 1. The summed E-state index contributed by atoms with van der Waals surface area (Å²) in [4.78, 5) is 21.7. The standard InChI is InChI=1S/C14H21N3O3/c1-2-3-4-13(15)14(18)16-10-9-11-5-7-12(8-6-11)17(19)20/h5-8,13H,2-4,9-10,15H2,1H3,(H,16,18)/t13-/m0/s1. The van der Waals surface area contributed by atoms with Gasteiger partial charge >= 0.3 is 0 Å². The number of hydrogen-bond donors (Lipinski definition) is 2. The van der Waals surface area contributed by atoms with Gasteiger partial charge in [-0.25, -0.2) is 0 Å². The molecule has 20 heavy (non-hydrogen) atoms. The molecule has 0 unspecified atom stereocenters. The maximum Gasteiger partial charge on any atom is 0.269 e. The molecule has 0 aliphatic carbocycles. The third-order valence-corrected chi connectivity index (χ3v) is 3.07. The van der Waals surface area contributed by atoms with E-state index in [-0.39, 0.29) is 11.6 Å². The Morgan fingerprint density at radius 2 is 2.05 bits per heavy atom. The summed E-state index contributed by atoms with van der Waals surface area (Å²) in [6, 6.07) is 5.86. The third kappa shape index (κ3) is 5.36. The number of rotatable bonds is 8. The summed E-state index contributed by atoms with van der Waals surface area (Å²) in [5, 5.41) is 13.3. The highest BCUT2D eigenvalue weighted by molar-refractivity contribution is 5.81. The van der Waals surface area contributed by atoms with E-state index in [1.54, 1.807) is 12.1 Å². The molecule has 6 nitrogen and oxygen atoms in total. The van der Waals surface area contributed by atoms with Crippen molar-refractivity contribution in [2.45, 2.75) is 38.6 Å². The van der Waals surface area contributed by atoms with E-state index in [4.69, 9.17) is 5.73 Å². The van der Waals surface area contributed by atoms with Crippen LogP contribution in [0.3, 0.4) is 0 Å². The van der Waals surface area contributed by atoms with E-state index >= 15 is 0 Å². The zero-order chi connectivity index (χ0) is 15.0. The fourth-order valence-corrected chi connectivity index (χ4v) is 1.80. The van der Waals surface area contributed by atoms with Gasteiger partial charge in [0.15, 0.2) is 0 Å². The minimum Gasteiger partial charge on any atom is -0.354 e. The lowest BCUT2D eigenvalue weighted by Crippen LogP contribution is -2.41. The lowest BCUT2D eigenvalue weighted by atomic mass is 10.1. The molecule has 0 spiro atoms. The fraction of sp³-hybridized carbons (Fsp3) is 0.500. The first-order valence-electron chi connectivity index (χ1n) is 6.81. The minimum absolute atomic E-state index is 0.0689. The Morgan fingerprint density at radius 3 is 2.60 bits per heavy atom. The summed E-state index contributed by atoms with van der Waals surface area (Å²) in [5.41, 5.74) is 6.76. The van der Waals surface area contributed by atoms with Gasteiger partial charge in [0.05, 0.1) is 11.0 Å². The molecule has 0 bridgehead atoms. The van der Waals surface area contributed by atoms with Crippen LogP contribution in [0.25, 0.3) is 0 Å². The van der Waals surface area contributed by atoms with Crippen LogP contribution in [0.15, 0.2) is 24.3 Å². The highest BCUT2D eigenvalue weighted by Gasteiger charge is 2.11. The maximum absolute atomic E-state index is 11.7. The van der Waals surface area contributed by atoms with Gasteiger partial charge in [-0.05, 0) is 18.4 Å². The van der Waals surface area contributed by atoms with Crippen molar-refractivity contribution in [3.05, 3.63) is 39.9 Å². The molecule has 1 rings (SSSR count). The van der Waals surface area contributed by atoms with E-state index in [1.165, 1.54) is 12.1 Å². The molecule has 0 saturated carbocycles.